The van der Waals surface area contributed by atoms with Crippen LogP contribution in [-0.4, -0.2) is 7.05 Å². The molecule has 2 nitrogen and oxygen atoms in total. The Kier molecular flexibility index (Phi) is 2.37. The lowest BCUT2D eigenvalue weighted by Crippen LogP contribution is -2.15. The summed E-state index contributed by atoms with van der Waals surface area (Å²) in [7, 11) is 1.87. The third kappa shape index (κ3) is 1.44. The van der Waals surface area contributed by atoms with Gasteiger partial charge in [0.1, 0.15) is 0 Å². The quantitative estimate of drug-likeness (QED) is 0.705. The van der Waals surface area contributed by atoms with Gasteiger partial charge in [0.15, 0.2) is 0 Å². The van der Waals surface area contributed by atoms with Crippen LogP contribution in [0.25, 0.3) is 10.8 Å². The second-order valence-corrected chi connectivity index (χ2v) is 3.35. The number of hydrazine groups is 1. The molecule has 0 atom stereocenters. The zero-order valence-electron chi connectivity index (χ0n) is 8.46. The Morgan fingerprint density at radius 2 is 1.64 bits per heavy atom. The van der Waals surface area contributed by atoms with Gasteiger partial charge in [-0.3, -0.25) is 0 Å². The minimum Gasteiger partial charge on any atom is -0.321 e. The van der Waals surface area contributed by atoms with Gasteiger partial charge in [0.05, 0.1) is 5.69 Å². The summed E-state index contributed by atoms with van der Waals surface area (Å²) >= 11 is 0. The van der Waals surface area contributed by atoms with E-state index in [1.807, 2.05) is 7.05 Å². The molecule has 2 rings (SSSR count). The highest BCUT2D eigenvalue weighted by atomic mass is 15.3. The largest absolute Gasteiger partial charge is 0.321 e. The molecule has 2 aromatic carbocycles. The molecule has 0 heterocycles. The number of benzene rings is 2. The van der Waals surface area contributed by atoms with Crippen LogP contribution >= 0.6 is 0 Å². The molecule has 2 N–H and O–H groups in total. The first-order chi connectivity index (χ1) is 6.83. The third-order valence-electron chi connectivity index (χ3n) is 2.40. The highest BCUT2D eigenvalue weighted by Crippen LogP contribution is 2.25. The van der Waals surface area contributed by atoms with E-state index in [-0.39, 0.29) is 0 Å². The summed E-state index contributed by atoms with van der Waals surface area (Å²) < 4.78 is 0. The molecule has 0 saturated carbocycles. The highest BCUT2D eigenvalue weighted by Gasteiger charge is 2.00. The number of aryl methyl sites for hydroxylation is 1. The van der Waals surface area contributed by atoms with Gasteiger partial charge >= 0.3 is 0 Å². The van der Waals surface area contributed by atoms with Crippen LogP contribution in [0.15, 0.2) is 36.4 Å². The molecule has 0 spiro atoms. The summed E-state index contributed by atoms with van der Waals surface area (Å²) in [4.78, 5) is 0. The van der Waals surface area contributed by atoms with Gasteiger partial charge in [-0.05, 0) is 23.9 Å². The first kappa shape index (κ1) is 9.03. The monoisotopic (exact) mass is 186 g/mol. The number of hydrogen-bond acceptors (Lipinski definition) is 2. The van der Waals surface area contributed by atoms with E-state index < -0.39 is 0 Å². The molecule has 72 valence electrons. The smallest absolute Gasteiger partial charge is 0.0566 e. The number of anilines is 1. The van der Waals surface area contributed by atoms with Gasteiger partial charge in [-0.2, -0.15) is 0 Å². The minimum absolute atomic E-state index is 1.12. The van der Waals surface area contributed by atoms with Crippen molar-refractivity contribution in [1.82, 2.24) is 5.43 Å². The van der Waals surface area contributed by atoms with Crippen LogP contribution in [0.3, 0.4) is 0 Å². The second-order valence-electron chi connectivity index (χ2n) is 3.35. The van der Waals surface area contributed by atoms with Crippen molar-refractivity contribution in [3.63, 3.8) is 0 Å². The van der Waals surface area contributed by atoms with Crippen molar-refractivity contribution in [2.75, 3.05) is 12.5 Å². The zero-order chi connectivity index (χ0) is 9.97. The van der Waals surface area contributed by atoms with E-state index >= 15 is 0 Å². The Morgan fingerprint density at radius 3 is 2.36 bits per heavy atom. The molecule has 0 bridgehead atoms. The first-order valence-electron chi connectivity index (χ1n) is 4.74. The van der Waals surface area contributed by atoms with Gasteiger partial charge in [-0.1, -0.05) is 30.3 Å². The van der Waals surface area contributed by atoms with Crippen LogP contribution < -0.4 is 10.9 Å². The van der Waals surface area contributed by atoms with Crippen molar-refractivity contribution in [2.45, 2.75) is 6.92 Å². The Hall–Kier alpha value is -1.54. The van der Waals surface area contributed by atoms with E-state index in [4.69, 9.17) is 0 Å². The number of hydrogen-bond donors (Lipinski definition) is 2. The molecule has 2 aromatic rings. The normalized spacial score (nSPS) is 10.4. The maximum atomic E-state index is 3.13. The van der Waals surface area contributed by atoms with Crippen LogP contribution in [0.2, 0.25) is 0 Å². The molecule has 0 unspecified atom stereocenters. The molecule has 0 aliphatic carbocycles. The molecule has 14 heavy (non-hydrogen) atoms. The topological polar surface area (TPSA) is 24.1 Å². The molecule has 0 saturated heterocycles. The molecule has 0 fully saturated rings. The molecule has 2 heteroatoms. The van der Waals surface area contributed by atoms with Crippen molar-refractivity contribution in [1.29, 1.82) is 0 Å². The Labute approximate surface area is 83.9 Å². The fourth-order valence-corrected chi connectivity index (χ4v) is 1.69. The SMILES string of the molecule is CNNc1ccc(C)c2ccccc12. The van der Waals surface area contributed by atoms with Gasteiger partial charge in [0, 0.05) is 12.4 Å². The van der Waals surface area contributed by atoms with E-state index in [2.05, 4.69) is 54.2 Å². The Balaban J connectivity index is 2.68. The van der Waals surface area contributed by atoms with Crippen LogP contribution in [0.5, 0.6) is 0 Å². The third-order valence-corrected chi connectivity index (χ3v) is 2.40. The number of nitrogens with one attached hydrogen (secondary N) is 2. The van der Waals surface area contributed by atoms with E-state index in [0.29, 0.717) is 0 Å². The summed E-state index contributed by atoms with van der Waals surface area (Å²) in [5, 5.41) is 2.55. The summed E-state index contributed by atoms with van der Waals surface area (Å²) in [5.74, 6) is 0. The van der Waals surface area contributed by atoms with Crippen LogP contribution in [0, 0.1) is 6.92 Å². The van der Waals surface area contributed by atoms with E-state index in [0.717, 1.165) is 5.69 Å². The van der Waals surface area contributed by atoms with Crippen molar-refractivity contribution >= 4 is 16.5 Å². The lowest BCUT2D eigenvalue weighted by Gasteiger charge is -2.09. The van der Waals surface area contributed by atoms with E-state index in [1.54, 1.807) is 0 Å². The summed E-state index contributed by atoms with van der Waals surface area (Å²) in [6, 6.07) is 12.6. The fourth-order valence-electron chi connectivity index (χ4n) is 1.69. The lowest BCUT2D eigenvalue weighted by atomic mass is 10.0. The molecular formula is C12H14N2. The molecule has 0 aromatic heterocycles. The van der Waals surface area contributed by atoms with Crippen molar-refractivity contribution in [3.8, 4) is 0 Å². The minimum atomic E-state index is 1.12. The molecule has 0 radical (unpaired) electrons. The van der Waals surface area contributed by atoms with Crippen molar-refractivity contribution in [2.24, 2.45) is 0 Å². The van der Waals surface area contributed by atoms with Crippen LogP contribution in [-0.2, 0) is 0 Å². The summed E-state index contributed by atoms with van der Waals surface area (Å²) in [6.45, 7) is 2.13. The summed E-state index contributed by atoms with van der Waals surface area (Å²) in [5.41, 5.74) is 8.50. The molecule has 0 amide bonds. The zero-order valence-corrected chi connectivity index (χ0v) is 8.46. The van der Waals surface area contributed by atoms with E-state index in [1.165, 1.54) is 16.3 Å². The van der Waals surface area contributed by atoms with Crippen molar-refractivity contribution in [3.05, 3.63) is 42.0 Å². The Bertz CT molecular complexity index is 449. The van der Waals surface area contributed by atoms with Gasteiger partial charge in [0.2, 0.25) is 0 Å². The summed E-state index contributed by atoms with van der Waals surface area (Å²) in [6.07, 6.45) is 0. The predicted molar refractivity (Wildman–Crippen MR) is 61.4 cm³/mol. The Morgan fingerprint density at radius 1 is 0.929 bits per heavy atom. The highest BCUT2D eigenvalue weighted by molar-refractivity contribution is 5.95. The molecular weight excluding hydrogens is 172 g/mol. The maximum Gasteiger partial charge on any atom is 0.0566 e. The second kappa shape index (κ2) is 3.68. The van der Waals surface area contributed by atoms with Gasteiger partial charge in [-0.15, -0.1) is 0 Å². The molecule has 0 aliphatic heterocycles. The average molecular weight is 186 g/mol. The lowest BCUT2D eigenvalue weighted by molar-refractivity contribution is 0.987. The van der Waals surface area contributed by atoms with Gasteiger partial charge in [0.25, 0.3) is 0 Å². The van der Waals surface area contributed by atoms with E-state index in [9.17, 15) is 0 Å². The number of rotatable bonds is 2. The molecule has 0 aliphatic rings. The average Bonchev–Trinajstić information content (AvgIpc) is 2.23. The van der Waals surface area contributed by atoms with Crippen LogP contribution in [0.1, 0.15) is 5.56 Å². The van der Waals surface area contributed by atoms with Crippen LogP contribution in [0.4, 0.5) is 5.69 Å². The maximum absolute atomic E-state index is 3.13. The predicted octanol–water partition coefficient (Wildman–Crippen LogP) is 2.69. The fraction of sp³-hybridized carbons (Fsp3) is 0.167. The van der Waals surface area contributed by atoms with Gasteiger partial charge < -0.3 is 5.43 Å². The van der Waals surface area contributed by atoms with Gasteiger partial charge in [-0.25, -0.2) is 5.43 Å². The number of fused-ring (bicyclic) bond motifs is 1. The first-order valence-corrected chi connectivity index (χ1v) is 4.74. The van der Waals surface area contributed by atoms with Crippen molar-refractivity contribution < 1.29 is 0 Å². The standard InChI is InChI=1S/C12H14N2/c1-9-7-8-12(14-13-2)11-6-4-3-5-10(9)11/h3-8,13-14H,1-2H3.